The number of rotatable bonds is 7. The van der Waals surface area contributed by atoms with E-state index in [1.807, 2.05) is 24.3 Å². The first-order chi connectivity index (χ1) is 14.5. The van der Waals surface area contributed by atoms with Crippen LogP contribution in [0, 0.1) is 0 Å². The third-order valence-corrected chi connectivity index (χ3v) is 5.50. The molecule has 3 N–H and O–H groups in total. The van der Waals surface area contributed by atoms with Crippen LogP contribution >= 0.6 is 11.8 Å². The van der Waals surface area contributed by atoms with Crippen LogP contribution in [-0.2, 0) is 11.3 Å². The summed E-state index contributed by atoms with van der Waals surface area (Å²) < 4.78 is 6.81. The van der Waals surface area contributed by atoms with Gasteiger partial charge in [-0.25, -0.2) is 9.48 Å². The van der Waals surface area contributed by atoms with E-state index < -0.39 is 5.25 Å². The summed E-state index contributed by atoms with van der Waals surface area (Å²) in [5.74, 6) is 0.577. The molecule has 10 nitrogen and oxygen atoms in total. The zero-order chi connectivity index (χ0) is 21.1. The third kappa shape index (κ3) is 4.35. The molecule has 1 atom stereocenters. The number of hydrogen-bond donors (Lipinski definition) is 3. The molecule has 4 aromatic rings. The number of fused-ring (bicyclic) bond motifs is 1. The molecule has 0 fully saturated rings. The van der Waals surface area contributed by atoms with E-state index in [0.717, 1.165) is 11.3 Å². The average Bonchev–Trinajstić information content (AvgIpc) is 3.33. The minimum absolute atomic E-state index is 0.198. The molecule has 2 aromatic carbocycles. The number of anilines is 1. The molecular weight excluding hydrogens is 406 g/mol. The normalized spacial score (nSPS) is 12.1. The van der Waals surface area contributed by atoms with Crippen molar-refractivity contribution in [2.24, 2.45) is 0 Å². The van der Waals surface area contributed by atoms with Crippen LogP contribution in [0.1, 0.15) is 12.5 Å². The summed E-state index contributed by atoms with van der Waals surface area (Å²) >= 11 is 1.26. The van der Waals surface area contributed by atoms with Crippen LogP contribution in [0.15, 0.2) is 52.4 Å². The maximum absolute atomic E-state index is 12.6. The summed E-state index contributed by atoms with van der Waals surface area (Å²) in [5, 5.41) is 14.7. The predicted molar refractivity (Wildman–Crippen MR) is 113 cm³/mol. The van der Waals surface area contributed by atoms with Crippen LogP contribution in [-0.4, -0.2) is 48.4 Å². The van der Waals surface area contributed by atoms with E-state index in [4.69, 9.17) is 4.74 Å². The Morgan fingerprint density at radius 3 is 2.73 bits per heavy atom. The number of tetrazole rings is 1. The van der Waals surface area contributed by atoms with Crippen molar-refractivity contribution >= 4 is 34.4 Å². The maximum atomic E-state index is 12.6. The van der Waals surface area contributed by atoms with Gasteiger partial charge in [-0.2, -0.15) is 0 Å². The Bertz CT molecular complexity index is 1230. The number of aromatic nitrogens is 6. The van der Waals surface area contributed by atoms with Gasteiger partial charge in [0.25, 0.3) is 0 Å². The zero-order valence-corrected chi connectivity index (χ0v) is 17.1. The number of aromatic amines is 2. The molecule has 0 radical (unpaired) electrons. The number of thioether (sulfide) groups is 1. The van der Waals surface area contributed by atoms with Crippen molar-refractivity contribution in [2.45, 2.75) is 23.9 Å². The SMILES string of the molecule is COc1ccc(Cn2nnnc2SC(C)C(=O)Nc2ccc3[nH]c(=O)[nH]c3c2)cc1. The van der Waals surface area contributed by atoms with E-state index in [1.54, 1.807) is 36.9 Å². The lowest BCUT2D eigenvalue weighted by molar-refractivity contribution is -0.115. The van der Waals surface area contributed by atoms with Crippen molar-refractivity contribution in [1.29, 1.82) is 0 Å². The average molecular weight is 425 g/mol. The van der Waals surface area contributed by atoms with Gasteiger partial charge in [0.2, 0.25) is 11.1 Å². The molecule has 0 saturated heterocycles. The minimum Gasteiger partial charge on any atom is -0.497 e. The molecular formula is C19H19N7O3S. The quantitative estimate of drug-likeness (QED) is 0.386. The van der Waals surface area contributed by atoms with Crippen molar-refractivity contribution in [1.82, 2.24) is 30.2 Å². The van der Waals surface area contributed by atoms with Crippen LogP contribution < -0.4 is 15.7 Å². The summed E-state index contributed by atoms with van der Waals surface area (Å²) in [6.45, 7) is 2.26. The molecule has 0 aliphatic carbocycles. The molecule has 0 aliphatic rings. The van der Waals surface area contributed by atoms with Crippen molar-refractivity contribution in [2.75, 3.05) is 12.4 Å². The smallest absolute Gasteiger partial charge is 0.323 e. The van der Waals surface area contributed by atoms with Gasteiger partial charge in [-0.05, 0) is 53.2 Å². The fourth-order valence-electron chi connectivity index (χ4n) is 2.85. The van der Waals surface area contributed by atoms with E-state index in [-0.39, 0.29) is 11.6 Å². The van der Waals surface area contributed by atoms with Crippen molar-refractivity contribution < 1.29 is 9.53 Å². The second-order valence-corrected chi connectivity index (χ2v) is 7.86. The predicted octanol–water partition coefficient (Wildman–Crippen LogP) is 2.02. The van der Waals surface area contributed by atoms with E-state index in [2.05, 4.69) is 30.8 Å². The number of nitrogens with zero attached hydrogens (tertiary/aromatic N) is 4. The topological polar surface area (TPSA) is 131 Å². The molecule has 0 saturated carbocycles. The highest BCUT2D eigenvalue weighted by molar-refractivity contribution is 8.00. The molecule has 0 bridgehead atoms. The minimum atomic E-state index is -0.438. The van der Waals surface area contributed by atoms with Gasteiger partial charge < -0.3 is 20.0 Å². The van der Waals surface area contributed by atoms with E-state index in [9.17, 15) is 9.59 Å². The Balaban J connectivity index is 1.41. The molecule has 11 heteroatoms. The molecule has 1 amide bonds. The number of ether oxygens (including phenoxy) is 1. The van der Waals surface area contributed by atoms with Gasteiger partial charge in [-0.3, -0.25) is 4.79 Å². The Morgan fingerprint density at radius 2 is 1.97 bits per heavy atom. The van der Waals surface area contributed by atoms with Gasteiger partial charge in [0.15, 0.2) is 0 Å². The highest BCUT2D eigenvalue weighted by Crippen LogP contribution is 2.23. The van der Waals surface area contributed by atoms with Gasteiger partial charge in [0.1, 0.15) is 5.75 Å². The number of imidazole rings is 1. The lowest BCUT2D eigenvalue weighted by Gasteiger charge is -2.12. The number of methoxy groups -OCH3 is 1. The highest BCUT2D eigenvalue weighted by Gasteiger charge is 2.19. The van der Waals surface area contributed by atoms with Crippen molar-refractivity contribution in [3.63, 3.8) is 0 Å². The summed E-state index contributed by atoms with van der Waals surface area (Å²) in [4.78, 5) is 29.3. The number of H-pyrrole nitrogens is 2. The van der Waals surface area contributed by atoms with Gasteiger partial charge in [-0.1, -0.05) is 23.9 Å². The Labute approximate surface area is 175 Å². The summed E-state index contributed by atoms with van der Waals surface area (Å²) in [6, 6.07) is 12.8. The first-order valence-corrected chi connectivity index (χ1v) is 9.98. The first-order valence-electron chi connectivity index (χ1n) is 9.10. The number of nitrogens with one attached hydrogen (secondary N) is 3. The molecule has 30 heavy (non-hydrogen) atoms. The highest BCUT2D eigenvalue weighted by atomic mass is 32.2. The lowest BCUT2D eigenvalue weighted by Crippen LogP contribution is -2.23. The van der Waals surface area contributed by atoms with Crippen LogP contribution in [0.3, 0.4) is 0 Å². The molecule has 2 heterocycles. The van der Waals surface area contributed by atoms with Crippen molar-refractivity contribution in [3.8, 4) is 5.75 Å². The van der Waals surface area contributed by atoms with Gasteiger partial charge >= 0.3 is 5.69 Å². The fourth-order valence-corrected chi connectivity index (χ4v) is 3.64. The van der Waals surface area contributed by atoms with Crippen molar-refractivity contribution in [3.05, 3.63) is 58.5 Å². The third-order valence-electron chi connectivity index (χ3n) is 4.43. The van der Waals surface area contributed by atoms with Crippen LogP contribution in [0.4, 0.5) is 5.69 Å². The monoisotopic (exact) mass is 425 g/mol. The lowest BCUT2D eigenvalue weighted by atomic mass is 10.2. The number of amides is 1. The summed E-state index contributed by atoms with van der Waals surface area (Å²) in [5.41, 5.74) is 2.62. The number of carbonyl (C=O) groups excluding carboxylic acids is 1. The van der Waals surface area contributed by atoms with Gasteiger partial charge in [0.05, 0.1) is 29.9 Å². The molecule has 0 spiro atoms. The fraction of sp³-hybridized carbons (Fsp3) is 0.211. The number of benzene rings is 2. The maximum Gasteiger partial charge on any atom is 0.323 e. The molecule has 0 aliphatic heterocycles. The largest absolute Gasteiger partial charge is 0.497 e. The van der Waals surface area contributed by atoms with Crippen LogP contribution in [0.2, 0.25) is 0 Å². The van der Waals surface area contributed by atoms with Crippen LogP contribution in [0.25, 0.3) is 11.0 Å². The van der Waals surface area contributed by atoms with E-state index in [0.29, 0.717) is 28.4 Å². The Morgan fingerprint density at radius 1 is 1.20 bits per heavy atom. The van der Waals surface area contributed by atoms with E-state index >= 15 is 0 Å². The molecule has 4 rings (SSSR count). The molecule has 1 unspecified atom stereocenters. The van der Waals surface area contributed by atoms with Gasteiger partial charge in [-0.15, -0.1) is 5.10 Å². The number of hydrogen-bond acceptors (Lipinski definition) is 7. The molecule has 154 valence electrons. The first kappa shape index (κ1) is 19.7. The summed E-state index contributed by atoms with van der Waals surface area (Å²) in [6.07, 6.45) is 0. The Hall–Kier alpha value is -3.60. The van der Waals surface area contributed by atoms with E-state index in [1.165, 1.54) is 11.8 Å². The number of carbonyl (C=O) groups is 1. The summed E-state index contributed by atoms with van der Waals surface area (Å²) in [7, 11) is 1.62. The zero-order valence-electron chi connectivity index (χ0n) is 16.2. The Kier molecular flexibility index (Phi) is 5.53. The van der Waals surface area contributed by atoms with Gasteiger partial charge in [0, 0.05) is 5.69 Å². The van der Waals surface area contributed by atoms with Crippen LogP contribution in [0.5, 0.6) is 5.75 Å². The molecule has 2 aromatic heterocycles. The standard InChI is InChI=1S/C19H19N7O3S/c1-11(17(27)20-13-5-8-15-16(9-13)22-18(28)21-15)30-19-23-24-25-26(19)10-12-3-6-14(29-2)7-4-12/h3-9,11H,10H2,1-2H3,(H,20,27)(H2,21,22,28). The second kappa shape index (κ2) is 8.41. The second-order valence-electron chi connectivity index (χ2n) is 6.56.